The third kappa shape index (κ3) is 2.98. The molecule has 0 unspecified atom stereocenters. The van der Waals surface area contributed by atoms with Crippen LogP contribution in [0.2, 0.25) is 5.02 Å². The number of allylic oxidation sites excluding steroid dienone is 2. The Kier molecular flexibility index (Phi) is 3.93. The van der Waals surface area contributed by atoms with Crippen LogP contribution in [0, 0.1) is 0 Å². The van der Waals surface area contributed by atoms with Crippen LogP contribution in [-0.2, 0) is 4.79 Å². The van der Waals surface area contributed by atoms with Crippen LogP contribution in [0.1, 0.15) is 5.56 Å². The van der Waals surface area contributed by atoms with Crippen molar-refractivity contribution < 1.29 is 27.8 Å². The lowest BCUT2D eigenvalue weighted by atomic mass is 10.0. The van der Waals surface area contributed by atoms with Crippen molar-refractivity contribution in [2.24, 2.45) is 0 Å². The Morgan fingerprint density at radius 3 is 2.48 bits per heavy atom. The van der Waals surface area contributed by atoms with Crippen molar-refractivity contribution >= 4 is 34.5 Å². The maximum atomic E-state index is 13.1. The highest BCUT2D eigenvalue weighted by Gasteiger charge is 2.48. The van der Waals surface area contributed by atoms with E-state index in [1.807, 2.05) is 23.0 Å². The molecule has 1 atom stereocenters. The smallest absolute Gasteiger partial charge is 0.430 e. The van der Waals surface area contributed by atoms with Crippen molar-refractivity contribution in [3.63, 3.8) is 0 Å². The van der Waals surface area contributed by atoms with Gasteiger partial charge in [-0.05, 0) is 29.0 Å². The summed E-state index contributed by atoms with van der Waals surface area (Å²) in [5.74, 6) is -1.70. The van der Waals surface area contributed by atoms with Crippen LogP contribution in [0.5, 0.6) is 5.75 Å². The normalized spacial score (nSPS) is 21.0. The Hall–Kier alpha value is -1.86. The third-order valence-corrected chi connectivity index (χ3v) is 5.70. The van der Waals surface area contributed by atoms with Crippen LogP contribution >= 0.6 is 22.5 Å². The van der Waals surface area contributed by atoms with Gasteiger partial charge in [0.15, 0.2) is 0 Å². The Bertz CT molecular complexity index is 756. The van der Waals surface area contributed by atoms with E-state index in [1.54, 1.807) is 0 Å². The van der Waals surface area contributed by atoms with Crippen LogP contribution in [0.4, 0.5) is 13.2 Å². The number of hydrogen-bond acceptors (Lipinski definition) is 2. The number of carbonyl (C=O) groups is 1. The molecule has 2 heterocycles. The van der Waals surface area contributed by atoms with Gasteiger partial charge in [0.2, 0.25) is 6.10 Å². The zero-order valence-electron chi connectivity index (χ0n) is 11.3. The summed E-state index contributed by atoms with van der Waals surface area (Å²) in [6.45, 7) is 0. The van der Waals surface area contributed by atoms with Gasteiger partial charge in [-0.1, -0.05) is 23.8 Å². The average molecular weight is 363 g/mol. The van der Waals surface area contributed by atoms with Gasteiger partial charge < -0.3 is 9.84 Å². The highest BCUT2D eigenvalue weighted by Crippen LogP contribution is 2.49. The molecular formula is C15H10ClF3O3S. The van der Waals surface area contributed by atoms with Gasteiger partial charge in [-0.2, -0.15) is 24.1 Å². The molecule has 1 N–H and O–H groups in total. The van der Waals surface area contributed by atoms with Crippen LogP contribution in [0.15, 0.2) is 45.6 Å². The van der Waals surface area contributed by atoms with E-state index >= 15 is 0 Å². The summed E-state index contributed by atoms with van der Waals surface area (Å²) in [7, 11) is -0.833. The molecule has 0 radical (unpaired) electrons. The summed E-state index contributed by atoms with van der Waals surface area (Å²) in [6, 6.07) is 2.89. The maximum absolute atomic E-state index is 13.1. The van der Waals surface area contributed by atoms with Crippen LogP contribution in [0.3, 0.4) is 0 Å². The van der Waals surface area contributed by atoms with Crippen molar-refractivity contribution in [2.45, 2.75) is 17.2 Å². The van der Waals surface area contributed by atoms with E-state index in [2.05, 4.69) is 0 Å². The average Bonchev–Trinajstić information content (AvgIpc) is 2.98. The summed E-state index contributed by atoms with van der Waals surface area (Å²) >= 11 is 6.19. The predicted octanol–water partition coefficient (Wildman–Crippen LogP) is 4.53. The SMILES string of the molecule is O=C(O)C1=Cc2cc(Cl)c([SH]3C=CC=C3)cc2O[C@@H]1C(F)(F)F. The minimum Gasteiger partial charge on any atom is -0.478 e. The minimum atomic E-state index is -4.82. The second kappa shape index (κ2) is 5.65. The Labute approximate surface area is 137 Å². The van der Waals surface area contributed by atoms with Gasteiger partial charge in [0.25, 0.3) is 0 Å². The molecule has 0 aromatic heterocycles. The minimum absolute atomic E-state index is 0.0204. The summed E-state index contributed by atoms with van der Waals surface area (Å²) in [5.41, 5.74) is -0.640. The second-order valence-corrected chi connectivity index (χ2v) is 7.18. The lowest BCUT2D eigenvalue weighted by Gasteiger charge is -2.28. The number of hydrogen-bond donors (Lipinski definition) is 2. The highest BCUT2D eigenvalue weighted by atomic mass is 35.5. The molecule has 0 aliphatic carbocycles. The number of benzene rings is 1. The lowest BCUT2D eigenvalue weighted by Crippen LogP contribution is -2.40. The molecular weight excluding hydrogens is 353 g/mol. The first-order chi connectivity index (χ1) is 10.8. The number of ether oxygens (including phenoxy) is 1. The standard InChI is InChI=1S/C15H10ClF3O3S/c16-10-6-8-5-9(14(20)21)13(15(17,18)19)22-11(8)7-12(10)23-3-1-2-4-23/h1-7,13,23H,(H,20,21)/t13-/m0/s1. The number of rotatable bonds is 2. The maximum Gasteiger partial charge on any atom is 0.430 e. The van der Waals surface area contributed by atoms with Gasteiger partial charge in [-0.3, -0.25) is 0 Å². The number of thiol groups is 1. The summed E-state index contributed by atoms with van der Waals surface area (Å²) in [5, 5.41) is 13.2. The molecule has 0 saturated carbocycles. The molecule has 8 heteroatoms. The Morgan fingerprint density at radius 2 is 1.91 bits per heavy atom. The van der Waals surface area contributed by atoms with Crippen molar-refractivity contribution in [3.8, 4) is 5.75 Å². The van der Waals surface area contributed by atoms with Gasteiger partial charge in [0.1, 0.15) is 5.75 Å². The molecule has 1 aromatic carbocycles. The van der Waals surface area contributed by atoms with Gasteiger partial charge in [-0.15, -0.1) is 0 Å². The number of halogens is 4. The summed E-state index contributed by atoms with van der Waals surface area (Å²) in [4.78, 5) is 11.8. The summed E-state index contributed by atoms with van der Waals surface area (Å²) in [6.07, 6.45) is -2.68. The summed E-state index contributed by atoms with van der Waals surface area (Å²) < 4.78 is 44.1. The molecule has 0 saturated heterocycles. The molecule has 23 heavy (non-hydrogen) atoms. The molecule has 0 amide bonds. The predicted molar refractivity (Wildman–Crippen MR) is 83.1 cm³/mol. The fraction of sp³-hybridized carbons (Fsp3) is 0.133. The number of carboxylic acid groups (broad SMARTS) is 1. The Morgan fingerprint density at radius 1 is 1.26 bits per heavy atom. The molecule has 0 spiro atoms. The Balaban J connectivity index is 2.09. The van der Waals surface area contributed by atoms with E-state index < -0.39 is 34.7 Å². The zero-order valence-corrected chi connectivity index (χ0v) is 13.0. The van der Waals surface area contributed by atoms with Crippen molar-refractivity contribution in [2.75, 3.05) is 0 Å². The first kappa shape index (κ1) is 16.0. The van der Waals surface area contributed by atoms with E-state index in [1.165, 1.54) is 12.1 Å². The van der Waals surface area contributed by atoms with E-state index in [0.717, 1.165) is 6.08 Å². The van der Waals surface area contributed by atoms with Crippen molar-refractivity contribution in [1.29, 1.82) is 0 Å². The van der Waals surface area contributed by atoms with Crippen molar-refractivity contribution in [3.05, 3.63) is 51.3 Å². The first-order valence-corrected chi connectivity index (χ1v) is 8.28. The molecule has 0 fully saturated rings. The van der Waals surface area contributed by atoms with E-state index in [9.17, 15) is 18.0 Å². The topological polar surface area (TPSA) is 46.5 Å². The molecule has 0 bridgehead atoms. The van der Waals surface area contributed by atoms with Crippen LogP contribution in [-0.4, -0.2) is 23.4 Å². The number of fused-ring (bicyclic) bond motifs is 1. The molecule has 3 nitrogen and oxygen atoms in total. The van der Waals surface area contributed by atoms with E-state index in [4.69, 9.17) is 21.4 Å². The molecule has 3 rings (SSSR count). The largest absolute Gasteiger partial charge is 0.478 e. The molecule has 2 aliphatic heterocycles. The molecule has 2 aliphatic rings. The van der Waals surface area contributed by atoms with Gasteiger partial charge in [0.05, 0.1) is 10.6 Å². The molecule has 1 aromatic rings. The number of aliphatic carboxylic acids is 1. The van der Waals surface area contributed by atoms with Crippen LogP contribution < -0.4 is 4.74 Å². The number of carboxylic acids is 1. The fourth-order valence-corrected chi connectivity index (χ4v) is 4.35. The van der Waals surface area contributed by atoms with E-state index in [0.29, 0.717) is 9.92 Å². The quantitative estimate of drug-likeness (QED) is 0.760. The molecule has 122 valence electrons. The van der Waals surface area contributed by atoms with Gasteiger partial charge in [-0.25, -0.2) is 4.79 Å². The fourth-order valence-electron chi connectivity index (χ4n) is 2.32. The van der Waals surface area contributed by atoms with E-state index in [-0.39, 0.29) is 11.3 Å². The van der Waals surface area contributed by atoms with Gasteiger partial charge in [0, 0.05) is 10.5 Å². The van der Waals surface area contributed by atoms with Crippen molar-refractivity contribution in [1.82, 2.24) is 0 Å². The van der Waals surface area contributed by atoms with Gasteiger partial charge >= 0.3 is 12.1 Å². The number of alkyl halides is 3. The zero-order chi connectivity index (χ0) is 16.8. The second-order valence-electron chi connectivity index (χ2n) is 4.88. The monoisotopic (exact) mass is 362 g/mol. The third-order valence-electron chi connectivity index (χ3n) is 3.34. The highest BCUT2D eigenvalue weighted by molar-refractivity contribution is 8.22. The van der Waals surface area contributed by atoms with Crippen LogP contribution in [0.25, 0.3) is 6.08 Å². The first-order valence-electron chi connectivity index (χ1n) is 6.42. The lowest BCUT2D eigenvalue weighted by molar-refractivity contribution is -0.187.